The van der Waals surface area contributed by atoms with Crippen molar-refractivity contribution in [2.45, 2.75) is 45.4 Å². The van der Waals surface area contributed by atoms with Crippen molar-refractivity contribution in [3.05, 3.63) is 63.4 Å². The first-order chi connectivity index (χ1) is 9.86. The zero-order valence-electron chi connectivity index (χ0n) is 12.4. The molecule has 0 bridgehead atoms. The van der Waals surface area contributed by atoms with Crippen LogP contribution in [0, 0.1) is 0 Å². The molecule has 1 unspecified atom stereocenters. The highest BCUT2D eigenvalue weighted by Crippen LogP contribution is 2.49. The Bertz CT molecular complexity index is 604. The molecule has 2 aromatic rings. The molecule has 1 aromatic heterocycles. The zero-order chi connectivity index (χ0) is 13.9. The van der Waals surface area contributed by atoms with Gasteiger partial charge in [-0.3, -0.25) is 0 Å². The van der Waals surface area contributed by atoms with E-state index < -0.39 is 0 Å². The summed E-state index contributed by atoms with van der Waals surface area (Å²) < 4.78 is 0. The van der Waals surface area contributed by atoms with E-state index in [0.717, 1.165) is 0 Å². The van der Waals surface area contributed by atoms with Gasteiger partial charge in [0.1, 0.15) is 0 Å². The summed E-state index contributed by atoms with van der Waals surface area (Å²) in [6.45, 7) is 4.59. The van der Waals surface area contributed by atoms with E-state index in [-0.39, 0.29) is 0 Å². The molecule has 1 heterocycles. The summed E-state index contributed by atoms with van der Waals surface area (Å²) >= 11 is 1.90. The lowest BCUT2D eigenvalue weighted by Gasteiger charge is -2.15. The van der Waals surface area contributed by atoms with E-state index in [0.29, 0.717) is 5.92 Å². The molecule has 1 aromatic carbocycles. The molecule has 1 aliphatic carbocycles. The van der Waals surface area contributed by atoms with E-state index in [1.165, 1.54) is 41.7 Å². The van der Waals surface area contributed by atoms with Gasteiger partial charge in [-0.25, -0.2) is 0 Å². The topological polar surface area (TPSA) is 0 Å². The Hall–Kier alpha value is -1.34. The Morgan fingerprint density at radius 3 is 2.45 bits per heavy atom. The van der Waals surface area contributed by atoms with E-state index in [9.17, 15) is 0 Å². The normalized spacial score (nSPS) is 17.6. The number of allylic oxidation sites excluding steroid dienone is 2. The maximum Gasteiger partial charge on any atom is 0.0405 e. The van der Waals surface area contributed by atoms with Gasteiger partial charge in [0.05, 0.1) is 0 Å². The molecule has 0 nitrogen and oxygen atoms in total. The number of hydrogen-bond acceptors (Lipinski definition) is 1. The summed E-state index contributed by atoms with van der Waals surface area (Å²) in [5.41, 5.74) is 6.35. The van der Waals surface area contributed by atoms with E-state index in [1.54, 1.807) is 11.1 Å². The van der Waals surface area contributed by atoms with Crippen LogP contribution >= 0.6 is 11.3 Å². The summed E-state index contributed by atoms with van der Waals surface area (Å²) in [6.07, 6.45) is 4.91. The highest BCUT2D eigenvalue weighted by molar-refractivity contribution is 7.10. The average molecular weight is 282 g/mol. The first-order valence-corrected chi connectivity index (χ1v) is 8.59. The highest BCUT2D eigenvalue weighted by atomic mass is 32.1. The molecule has 0 saturated heterocycles. The third-order valence-electron chi connectivity index (χ3n) is 4.18. The Morgan fingerprint density at radius 2 is 1.75 bits per heavy atom. The van der Waals surface area contributed by atoms with Crippen molar-refractivity contribution in [3.63, 3.8) is 0 Å². The van der Waals surface area contributed by atoms with Gasteiger partial charge in [0.2, 0.25) is 0 Å². The molecule has 0 fully saturated rings. The fraction of sp³-hybridized carbons (Fsp3) is 0.368. The predicted molar refractivity (Wildman–Crippen MR) is 89.3 cm³/mol. The van der Waals surface area contributed by atoms with Crippen molar-refractivity contribution in [3.8, 4) is 0 Å². The van der Waals surface area contributed by atoms with Crippen LogP contribution in [0.25, 0.3) is 5.57 Å². The van der Waals surface area contributed by atoms with Gasteiger partial charge in [0.25, 0.3) is 0 Å². The monoisotopic (exact) mass is 282 g/mol. The van der Waals surface area contributed by atoms with Crippen molar-refractivity contribution >= 4 is 16.9 Å². The molecule has 1 atom stereocenters. The van der Waals surface area contributed by atoms with Crippen LogP contribution in [0.2, 0.25) is 0 Å². The largest absolute Gasteiger partial charge is 0.148 e. The Labute approximate surface area is 126 Å². The number of hydrogen-bond donors (Lipinski definition) is 0. The zero-order valence-corrected chi connectivity index (χ0v) is 13.2. The first kappa shape index (κ1) is 13.6. The lowest BCUT2D eigenvalue weighted by Crippen LogP contribution is -1.99. The van der Waals surface area contributed by atoms with Crippen LogP contribution in [0.3, 0.4) is 0 Å². The first-order valence-electron chi connectivity index (χ1n) is 7.71. The van der Waals surface area contributed by atoms with Crippen LogP contribution in [0.5, 0.6) is 0 Å². The number of fused-ring (bicyclic) bond motifs is 1. The van der Waals surface area contributed by atoms with Crippen molar-refractivity contribution in [1.82, 2.24) is 0 Å². The molecule has 0 saturated carbocycles. The second kappa shape index (κ2) is 5.97. The van der Waals surface area contributed by atoms with Crippen molar-refractivity contribution in [2.24, 2.45) is 0 Å². The van der Waals surface area contributed by atoms with Crippen LogP contribution < -0.4 is 0 Å². The van der Waals surface area contributed by atoms with E-state index in [4.69, 9.17) is 0 Å². The fourth-order valence-electron chi connectivity index (χ4n) is 3.45. The van der Waals surface area contributed by atoms with Crippen molar-refractivity contribution < 1.29 is 0 Å². The minimum absolute atomic E-state index is 0.521. The van der Waals surface area contributed by atoms with Crippen LogP contribution in [0.15, 0.2) is 47.4 Å². The minimum atomic E-state index is 0.521. The molecule has 0 amide bonds. The van der Waals surface area contributed by atoms with Gasteiger partial charge in [-0.2, -0.15) is 0 Å². The summed E-state index contributed by atoms with van der Waals surface area (Å²) in [4.78, 5) is 1.51. The Balaban J connectivity index is 2.15. The molecule has 0 N–H and O–H groups in total. The van der Waals surface area contributed by atoms with Gasteiger partial charge in [-0.05, 0) is 41.0 Å². The van der Waals surface area contributed by atoms with Gasteiger partial charge < -0.3 is 0 Å². The maximum atomic E-state index is 2.33. The Kier molecular flexibility index (Phi) is 4.07. The molecular formula is C19H22S. The number of rotatable bonds is 5. The summed E-state index contributed by atoms with van der Waals surface area (Å²) in [5.74, 6) is 0.521. The average Bonchev–Trinajstić information content (AvgIpc) is 3.07. The molecule has 1 heteroatoms. The molecular weight excluding hydrogens is 260 g/mol. The van der Waals surface area contributed by atoms with E-state index >= 15 is 0 Å². The summed E-state index contributed by atoms with van der Waals surface area (Å²) in [5, 5.41) is 2.21. The van der Waals surface area contributed by atoms with Gasteiger partial charge >= 0.3 is 0 Å². The van der Waals surface area contributed by atoms with Gasteiger partial charge in [0, 0.05) is 10.8 Å². The second-order valence-corrected chi connectivity index (χ2v) is 6.52. The summed E-state index contributed by atoms with van der Waals surface area (Å²) in [7, 11) is 0. The van der Waals surface area contributed by atoms with Gasteiger partial charge in [0.15, 0.2) is 0 Å². The van der Waals surface area contributed by atoms with Crippen LogP contribution in [0.4, 0.5) is 0 Å². The molecule has 104 valence electrons. The molecule has 0 aliphatic heterocycles. The van der Waals surface area contributed by atoms with Crippen molar-refractivity contribution in [2.75, 3.05) is 0 Å². The molecule has 3 rings (SSSR count). The van der Waals surface area contributed by atoms with Crippen molar-refractivity contribution in [1.29, 1.82) is 0 Å². The number of thiophene rings is 1. The molecule has 0 radical (unpaired) electrons. The van der Waals surface area contributed by atoms with E-state index in [1.807, 2.05) is 11.3 Å². The third kappa shape index (κ3) is 2.25. The fourth-order valence-corrected chi connectivity index (χ4v) is 4.33. The van der Waals surface area contributed by atoms with Gasteiger partial charge in [-0.1, -0.05) is 62.6 Å². The van der Waals surface area contributed by atoms with E-state index in [2.05, 4.69) is 55.6 Å². The molecule has 1 aliphatic rings. The second-order valence-electron chi connectivity index (χ2n) is 5.54. The Morgan fingerprint density at radius 1 is 0.950 bits per heavy atom. The molecule has 20 heavy (non-hydrogen) atoms. The minimum Gasteiger partial charge on any atom is -0.148 e. The highest BCUT2D eigenvalue weighted by Gasteiger charge is 2.31. The van der Waals surface area contributed by atoms with Crippen LogP contribution in [-0.4, -0.2) is 0 Å². The predicted octanol–water partition coefficient (Wildman–Crippen LogP) is 6.25. The van der Waals surface area contributed by atoms with Crippen LogP contribution in [-0.2, 0) is 0 Å². The standard InChI is InChI=1S/C19H22S/c1-3-8-14-15-10-5-6-11-17(15)19(16(14)9-4-2)18-12-7-13-20-18/h5-7,10-13,19H,3-4,8-9H2,1-2H3. The smallest absolute Gasteiger partial charge is 0.0405 e. The lowest BCUT2D eigenvalue weighted by atomic mass is 9.91. The third-order valence-corrected chi connectivity index (χ3v) is 5.12. The number of benzene rings is 1. The van der Waals surface area contributed by atoms with Gasteiger partial charge in [-0.15, -0.1) is 11.3 Å². The summed E-state index contributed by atoms with van der Waals surface area (Å²) in [6, 6.07) is 13.5. The molecule has 0 spiro atoms. The SMILES string of the molecule is CCCC1=C(CCC)C(c2cccs2)c2ccccc21. The quantitative estimate of drug-likeness (QED) is 0.608. The maximum absolute atomic E-state index is 2.33. The lowest BCUT2D eigenvalue weighted by molar-refractivity contribution is 0.828. The van der Waals surface area contributed by atoms with Crippen LogP contribution in [0.1, 0.15) is 61.5 Å².